The normalized spacial score (nSPS) is 10.5. The van der Waals surface area contributed by atoms with Crippen LogP contribution in [0.1, 0.15) is 21.7 Å². The maximum atomic E-state index is 13.1. The third-order valence-electron chi connectivity index (χ3n) is 2.66. The third kappa shape index (κ3) is 3.85. The van der Waals surface area contributed by atoms with Gasteiger partial charge in [0.25, 0.3) is 0 Å². The fraction of sp³-hybridized carbons (Fsp3) is 0.143. The van der Waals surface area contributed by atoms with Gasteiger partial charge in [-0.3, -0.25) is 0 Å². The minimum atomic E-state index is -1.06. The molecule has 0 amide bonds. The van der Waals surface area contributed by atoms with E-state index in [0.717, 1.165) is 10.0 Å². The summed E-state index contributed by atoms with van der Waals surface area (Å²) in [7, 11) is 0. The zero-order valence-electron chi connectivity index (χ0n) is 10.4. The quantitative estimate of drug-likeness (QED) is 0.879. The molecule has 0 radical (unpaired) electrons. The van der Waals surface area contributed by atoms with Gasteiger partial charge >= 0.3 is 5.97 Å². The van der Waals surface area contributed by atoms with Gasteiger partial charge in [0, 0.05) is 17.6 Å². The molecule has 0 bridgehead atoms. The van der Waals surface area contributed by atoms with Crippen molar-refractivity contribution in [3.63, 3.8) is 0 Å². The maximum absolute atomic E-state index is 13.1. The van der Waals surface area contributed by atoms with Crippen LogP contribution in [0.15, 0.2) is 40.9 Å². The van der Waals surface area contributed by atoms with E-state index in [-0.39, 0.29) is 11.5 Å². The SMILES string of the molecule is O=C(O)c1cccc(CNCc2cc(F)ccc2Br)n1. The largest absolute Gasteiger partial charge is 0.477 e. The van der Waals surface area contributed by atoms with Crippen molar-refractivity contribution in [2.75, 3.05) is 0 Å². The van der Waals surface area contributed by atoms with Crippen LogP contribution in [0.25, 0.3) is 0 Å². The molecule has 0 saturated carbocycles. The average molecular weight is 339 g/mol. The molecule has 104 valence electrons. The van der Waals surface area contributed by atoms with Gasteiger partial charge in [-0.2, -0.15) is 0 Å². The smallest absolute Gasteiger partial charge is 0.354 e. The number of nitrogens with one attached hydrogen (secondary N) is 1. The summed E-state index contributed by atoms with van der Waals surface area (Å²) in [6.45, 7) is 0.862. The van der Waals surface area contributed by atoms with Crippen molar-refractivity contribution in [1.29, 1.82) is 0 Å². The van der Waals surface area contributed by atoms with Gasteiger partial charge in [-0.25, -0.2) is 14.2 Å². The van der Waals surface area contributed by atoms with Crippen molar-refractivity contribution in [2.24, 2.45) is 0 Å². The number of carboxylic acids is 1. The van der Waals surface area contributed by atoms with Gasteiger partial charge in [-0.1, -0.05) is 22.0 Å². The molecule has 0 fully saturated rings. The van der Waals surface area contributed by atoms with Gasteiger partial charge < -0.3 is 10.4 Å². The molecule has 1 aromatic carbocycles. The average Bonchev–Trinajstić information content (AvgIpc) is 2.43. The van der Waals surface area contributed by atoms with Gasteiger partial charge in [0.05, 0.1) is 5.69 Å². The summed E-state index contributed by atoms with van der Waals surface area (Å²) >= 11 is 3.35. The highest BCUT2D eigenvalue weighted by Gasteiger charge is 2.05. The number of halogens is 2. The van der Waals surface area contributed by atoms with Crippen LogP contribution in [0.3, 0.4) is 0 Å². The van der Waals surface area contributed by atoms with E-state index in [9.17, 15) is 9.18 Å². The van der Waals surface area contributed by atoms with Crippen LogP contribution in [-0.2, 0) is 13.1 Å². The lowest BCUT2D eigenvalue weighted by Crippen LogP contribution is -2.15. The number of aromatic nitrogens is 1. The Labute approximate surface area is 123 Å². The molecule has 0 atom stereocenters. The van der Waals surface area contributed by atoms with Crippen LogP contribution in [0.4, 0.5) is 4.39 Å². The highest BCUT2D eigenvalue weighted by atomic mass is 79.9. The predicted octanol–water partition coefficient (Wildman–Crippen LogP) is 2.97. The first-order valence-corrected chi connectivity index (χ1v) is 6.69. The van der Waals surface area contributed by atoms with Crippen molar-refractivity contribution < 1.29 is 14.3 Å². The molecule has 2 rings (SSSR count). The fourth-order valence-corrected chi connectivity index (χ4v) is 2.09. The summed E-state index contributed by atoms with van der Waals surface area (Å²) in [4.78, 5) is 14.8. The van der Waals surface area contributed by atoms with Crippen molar-refractivity contribution >= 4 is 21.9 Å². The van der Waals surface area contributed by atoms with Crippen LogP contribution in [0, 0.1) is 5.82 Å². The molecule has 0 aliphatic carbocycles. The van der Waals surface area contributed by atoms with Crippen molar-refractivity contribution in [2.45, 2.75) is 13.1 Å². The minimum Gasteiger partial charge on any atom is -0.477 e. The Bertz CT molecular complexity index is 634. The Morgan fingerprint density at radius 1 is 1.30 bits per heavy atom. The Hall–Kier alpha value is -1.79. The lowest BCUT2D eigenvalue weighted by molar-refractivity contribution is 0.0690. The number of hydrogen-bond acceptors (Lipinski definition) is 3. The Balaban J connectivity index is 1.97. The molecule has 6 heteroatoms. The number of rotatable bonds is 5. The second kappa shape index (κ2) is 6.58. The lowest BCUT2D eigenvalue weighted by atomic mass is 10.2. The van der Waals surface area contributed by atoms with Crippen LogP contribution in [0.2, 0.25) is 0 Å². The maximum Gasteiger partial charge on any atom is 0.354 e. The minimum absolute atomic E-state index is 0.0104. The van der Waals surface area contributed by atoms with Crippen molar-refractivity contribution in [3.05, 3.63) is 63.6 Å². The van der Waals surface area contributed by atoms with Crippen LogP contribution in [0.5, 0.6) is 0 Å². The third-order valence-corrected chi connectivity index (χ3v) is 3.43. The van der Waals surface area contributed by atoms with Crippen LogP contribution in [-0.4, -0.2) is 16.1 Å². The summed E-state index contributed by atoms with van der Waals surface area (Å²) in [5, 5.41) is 11.9. The number of benzene rings is 1. The summed E-state index contributed by atoms with van der Waals surface area (Å²) in [6.07, 6.45) is 0. The number of nitrogens with zero attached hydrogens (tertiary/aromatic N) is 1. The Morgan fingerprint density at radius 2 is 2.10 bits per heavy atom. The lowest BCUT2D eigenvalue weighted by Gasteiger charge is -2.07. The Kier molecular flexibility index (Phi) is 4.81. The first-order valence-electron chi connectivity index (χ1n) is 5.90. The molecule has 1 aromatic heterocycles. The van der Waals surface area contributed by atoms with E-state index >= 15 is 0 Å². The second-order valence-corrected chi connectivity index (χ2v) is 5.01. The fourth-order valence-electron chi connectivity index (χ4n) is 1.70. The standard InChI is InChI=1S/C14H12BrFN2O2/c15-12-5-4-10(16)6-9(12)7-17-8-11-2-1-3-13(18-11)14(19)20/h1-6,17H,7-8H2,(H,19,20). The molecule has 0 aliphatic heterocycles. The van der Waals surface area contributed by atoms with Crippen molar-refractivity contribution in [3.8, 4) is 0 Å². The van der Waals surface area contributed by atoms with E-state index in [1.54, 1.807) is 18.2 Å². The zero-order valence-corrected chi connectivity index (χ0v) is 12.0. The van der Waals surface area contributed by atoms with E-state index in [2.05, 4.69) is 26.2 Å². The highest BCUT2D eigenvalue weighted by molar-refractivity contribution is 9.10. The summed E-state index contributed by atoms with van der Waals surface area (Å²) in [6, 6.07) is 9.29. The van der Waals surface area contributed by atoms with Gasteiger partial charge in [0.1, 0.15) is 11.5 Å². The van der Waals surface area contributed by atoms with Gasteiger partial charge in [0.2, 0.25) is 0 Å². The first kappa shape index (κ1) is 14.6. The number of hydrogen-bond donors (Lipinski definition) is 2. The first-order chi connectivity index (χ1) is 9.56. The molecular weight excluding hydrogens is 327 g/mol. The summed E-state index contributed by atoms with van der Waals surface area (Å²) < 4.78 is 13.9. The second-order valence-electron chi connectivity index (χ2n) is 4.16. The molecule has 1 heterocycles. The molecule has 20 heavy (non-hydrogen) atoms. The monoisotopic (exact) mass is 338 g/mol. The van der Waals surface area contributed by atoms with Crippen molar-refractivity contribution in [1.82, 2.24) is 10.3 Å². The number of carboxylic acid groups (broad SMARTS) is 1. The van der Waals surface area contributed by atoms with E-state index in [4.69, 9.17) is 5.11 Å². The number of pyridine rings is 1. The predicted molar refractivity (Wildman–Crippen MR) is 75.8 cm³/mol. The molecular formula is C14H12BrFN2O2. The molecule has 0 aliphatic rings. The van der Waals surface area contributed by atoms with Gasteiger partial charge in [0.15, 0.2) is 0 Å². The van der Waals surface area contributed by atoms with E-state index < -0.39 is 5.97 Å². The molecule has 4 nitrogen and oxygen atoms in total. The van der Waals surface area contributed by atoms with E-state index in [1.165, 1.54) is 18.2 Å². The topological polar surface area (TPSA) is 62.2 Å². The number of carbonyl (C=O) groups is 1. The van der Waals surface area contributed by atoms with E-state index in [1.807, 2.05) is 0 Å². The van der Waals surface area contributed by atoms with Gasteiger partial charge in [-0.05, 0) is 35.9 Å². The zero-order chi connectivity index (χ0) is 14.5. The molecule has 0 unspecified atom stereocenters. The van der Waals surface area contributed by atoms with E-state index in [0.29, 0.717) is 18.8 Å². The molecule has 2 aromatic rings. The summed E-state index contributed by atoms with van der Waals surface area (Å²) in [5.74, 6) is -1.35. The summed E-state index contributed by atoms with van der Waals surface area (Å²) in [5.41, 5.74) is 1.42. The molecule has 2 N–H and O–H groups in total. The molecule has 0 spiro atoms. The van der Waals surface area contributed by atoms with Gasteiger partial charge in [-0.15, -0.1) is 0 Å². The highest BCUT2D eigenvalue weighted by Crippen LogP contribution is 2.17. The molecule has 0 saturated heterocycles. The Morgan fingerprint density at radius 3 is 2.85 bits per heavy atom. The van der Waals surface area contributed by atoms with Crippen LogP contribution >= 0.6 is 15.9 Å². The van der Waals surface area contributed by atoms with Crippen LogP contribution < -0.4 is 5.32 Å². The number of aromatic carboxylic acids is 1.